The van der Waals surface area contributed by atoms with Gasteiger partial charge in [0, 0.05) is 18.5 Å². The van der Waals surface area contributed by atoms with Gasteiger partial charge in [0.15, 0.2) is 0 Å². The first kappa shape index (κ1) is 16.7. The Morgan fingerprint density at radius 3 is 2.40 bits per heavy atom. The second-order valence-corrected chi connectivity index (χ2v) is 6.00. The van der Waals surface area contributed by atoms with Crippen LogP contribution in [0.15, 0.2) is 30.3 Å². The summed E-state index contributed by atoms with van der Waals surface area (Å²) in [7, 11) is 0. The molecule has 1 aromatic rings. The van der Waals surface area contributed by atoms with E-state index in [4.69, 9.17) is 5.73 Å². The van der Waals surface area contributed by atoms with E-state index in [2.05, 4.69) is 40.4 Å². The Morgan fingerprint density at radius 1 is 1.30 bits per heavy atom. The predicted octanol–water partition coefficient (Wildman–Crippen LogP) is 2.05. The Hall–Kier alpha value is -1.39. The number of hydrogen-bond acceptors (Lipinski definition) is 4. The predicted molar refractivity (Wildman–Crippen MR) is 81.5 cm³/mol. The van der Waals surface area contributed by atoms with E-state index >= 15 is 0 Å². The SMILES string of the molecule is CC(C)(C)OC=O.NC1CNCCC1c1ccccc1. The molecule has 2 atom stereocenters. The van der Waals surface area contributed by atoms with Crippen LogP contribution >= 0.6 is 0 Å². The fourth-order valence-electron chi connectivity index (χ4n) is 2.14. The van der Waals surface area contributed by atoms with Crippen molar-refractivity contribution in [1.82, 2.24) is 5.32 Å². The quantitative estimate of drug-likeness (QED) is 0.813. The average Bonchev–Trinajstić information content (AvgIpc) is 2.40. The topological polar surface area (TPSA) is 64.3 Å². The highest BCUT2D eigenvalue weighted by Gasteiger charge is 2.22. The Balaban J connectivity index is 0.000000246. The van der Waals surface area contributed by atoms with E-state index in [0.717, 1.165) is 19.5 Å². The fourth-order valence-corrected chi connectivity index (χ4v) is 2.14. The standard InChI is InChI=1S/C11H16N2.C5H10O2/c12-11-8-13-7-6-10(11)9-4-2-1-3-5-9;1-5(2,3)7-4-6/h1-5,10-11,13H,6-8,12H2;4H,1-3H3. The molecule has 0 spiro atoms. The van der Waals surface area contributed by atoms with Gasteiger partial charge in [-0.2, -0.15) is 0 Å². The van der Waals surface area contributed by atoms with Gasteiger partial charge in [-0.1, -0.05) is 30.3 Å². The number of nitrogens with one attached hydrogen (secondary N) is 1. The zero-order chi connectivity index (χ0) is 15.0. The molecule has 20 heavy (non-hydrogen) atoms. The first-order valence-electron chi connectivity index (χ1n) is 7.07. The summed E-state index contributed by atoms with van der Waals surface area (Å²) in [5.41, 5.74) is 7.12. The van der Waals surface area contributed by atoms with Crippen molar-refractivity contribution in [3.8, 4) is 0 Å². The second-order valence-electron chi connectivity index (χ2n) is 6.00. The maximum absolute atomic E-state index is 9.60. The van der Waals surface area contributed by atoms with E-state index in [-0.39, 0.29) is 11.6 Å². The minimum Gasteiger partial charge on any atom is -0.462 e. The Kier molecular flexibility index (Phi) is 6.68. The van der Waals surface area contributed by atoms with Gasteiger partial charge in [-0.25, -0.2) is 0 Å². The maximum Gasteiger partial charge on any atom is 0.293 e. The summed E-state index contributed by atoms with van der Waals surface area (Å²) in [5, 5.41) is 3.31. The fraction of sp³-hybridized carbons (Fsp3) is 0.562. The third kappa shape index (κ3) is 6.17. The van der Waals surface area contributed by atoms with Gasteiger partial charge in [-0.3, -0.25) is 4.79 Å². The number of carbonyl (C=O) groups is 1. The molecule has 1 aliphatic rings. The van der Waals surface area contributed by atoms with Crippen molar-refractivity contribution in [1.29, 1.82) is 0 Å². The van der Waals surface area contributed by atoms with E-state index in [1.165, 1.54) is 5.56 Å². The first-order valence-corrected chi connectivity index (χ1v) is 7.07. The van der Waals surface area contributed by atoms with Crippen LogP contribution in [0.2, 0.25) is 0 Å². The smallest absolute Gasteiger partial charge is 0.293 e. The number of carbonyl (C=O) groups excluding carboxylic acids is 1. The second kappa shape index (κ2) is 8.02. The molecule has 1 saturated heterocycles. The van der Waals surface area contributed by atoms with Gasteiger partial charge in [0.25, 0.3) is 6.47 Å². The lowest BCUT2D eigenvalue weighted by Crippen LogP contribution is -2.44. The van der Waals surface area contributed by atoms with Crippen molar-refractivity contribution < 1.29 is 9.53 Å². The van der Waals surface area contributed by atoms with Crippen LogP contribution in [-0.4, -0.2) is 31.2 Å². The molecule has 0 radical (unpaired) electrons. The highest BCUT2D eigenvalue weighted by Crippen LogP contribution is 2.23. The summed E-state index contributed by atoms with van der Waals surface area (Å²) in [6.07, 6.45) is 1.16. The summed E-state index contributed by atoms with van der Waals surface area (Å²) in [4.78, 5) is 9.60. The van der Waals surface area contributed by atoms with Gasteiger partial charge in [-0.15, -0.1) is 0 Å². The molecule has 0 aromatic heterocycles. The molecule has 1 heterocycles. The van der Waals surface area contributed by atoms with Crippen molar-refractivity contribution in [2.24, 2.45) is 5.73 Å². The Bertz CT molecular complexity index is 387. The molecule has 0 bridgehead atoms. The number of hydrogen-bond donors (Lipinski definition) is 2. The number of rotatable bonds is 2. The van der Waals surface area contributed by atoms with Gasteiger partial charge in [0.2, 0.25) is 0 Å². The third-order valence-corrected chi connectivity index (χ3v) is 3.16. The zero-order valence-corrected chi connectivity index (χ0v) is 12.6. The molecule has 0 aliphatic carbocycles. The van der Waals surface area contributed by atoms with Crippen LogP contribution in [0.3, 0.4) is 0 Å². The van der Waals surface area contributed by atoms with E-state index in [1.54, 1.807) is 0 Å². The molecule has 2 rings (SSSR count). The minimum absolute atomic E-state index is 0.274. The average molecular weight is 278 g/mol. The highest BCUT2D eigenvalue weighted by atomic mass is 16.5. The molecular formula is C16H26N2O2. The molecule has 0 saturated carbocycles. The molecule has 2 unspecified atom stereocenters. The molecule has 1 fully saturated rings. The summed E-state index contributed by atoms with van der Waals surface area (Å²) in [6.45, 7) is 7.96. The Morgan fingerprint density at radius 2 is 1.95 bits per heavy atom. The summed E-state index contributed by atoms with van der Waals surface area (Å²) in [6, 6.07) is 10.9. The number of ether oxygens (including phenoxy) is 1. The van der Waals surface area contributed by atoms with Crippen LogP contribution in [0, 0.1) is 0 Å². The highest BCUT2D eigenvalue weighted by molar-refractivity contribution is 5.37. The monoisotopic (exact) mass is 278 g/mol. The normalized spacial score (nSPS) is 22.4. The molecular weight excluding hydrogens is 252 g/mol. The van der Waals surface area contributed by atoms with Crippen LogP contribution in [-0.2, 0) is 9.53 Å². The van der Waals surface area contributed by atoms with E-state index in [1.807, 2.05) is 20.8 Å². The van der Waals surface area contributed by atoms with E-state index < -0.39 is 0 Å². The lowest BCUT2D eigenvalue weighted by molar-refractivity contribution is -0.138. The zero-order valence-electron chi connectivity index (χ0n) is 12.6. The lowest BCUT2D eigenvalue weighted by Gasteiger charge is -2.29. The van der Waals surface area contributed by atoms with Crippen molar-refractivity contribution in [3.63, 3.8) is 0 Å². The summed E-state index contributed by atoms with van der Waals surface area (Å²) >= 11 is 0. The number of nitrogens with two attached hydrogens (primary N) is 1. The number of benzene rings is 1. The van der Waals surface area contributed by atoms with Crippen molar-refractivity contribution in [2.75, 3.05) is 13.1 Å². The molecule has 3 N–H and O–H groups in total. The van der Waals surface area contributed by atoms with Gasteiger partial charge < -0.3 is 15.8 Å². The molecule has 4 nitrogen and oxygen atoms in total. The van der Waals surface area contributed by atoms with Crippen LogP contribution < -0.4 is 11.1 Å². The van der Waals surface area contributed by atoms with Gasteiger partial charge >= 0.3 is 0 Å². The van der Waals surface area contributed by atoms with Crippen LogP contribution in [0.4, 0.5) is 0 Å². The van der Waals surface area contributed by atoms with Gasteiger partial charge in [-0.05, 0) is 39.3 Å². The van der Waals surface area contributed by atoms with Crippen molar-refractivity contribution >= 4 is 6.47 Å². The number of piperidine rings is 1. The molecule has 0 amide bonds. The molecule has 1 aliphatic heterocycles. The van der Waals surface area contributed by atoms with Crippen molar-refractivity contribution in [2.45, 2.75) is 44.8 Å². The summed E-state index contributed by atoms with van der Waals surface area (Å²) in [5.74, 6) is 0.544. The minimum atomic E-state index is -0.318. The molecule has 112 valence electrons. The van der Waals surface area contributed by atoms with Gasteiger partial charge in [0.05, 0.1) is 0 Å². The van der Waals surface area contributed by atoms with Crippen LogP contribution in [0.5, 0.6) is 0 Å². The third-order valence-electron chi connectivity index (χ3n) is 3.16. The van der Waals surface area contributed by atoms with Crippen LogP contribution in [0.25, 0.3) is 0 Å². The largest absolute Gasteiger partial charge is 0.462 e. The first-order chi connectivity index (χ1) is 9.44. The van der Waals surface area contributed by atoms with E-state index in [9.17, 15) is 4.79 Å². The summed E-state index contributed by atoms with van der Waals surface area (Å²) < 4.78 is 4.55. The molecule has 1 aromatic carbocycles. The lowest BCUT2D eigenvalue weighted by atomic mass is 9.87. The van der Waals surface area contributed by atoms with E-state index in [0.29, 0.717) is 12.4 Å². The Labute approximate surface area is 121 Å². The van der Waals surface area contributed by atoms with Crippen LogP contribution in [0.1, 0.15) is 38.7 Å². The molecule has 4 heteroatoms. The van der Waals surface area contributed by atoms with Crippen molar-refractivity contribution in [3.05, 3.63) is 35.9 Å². The maximum atomic E-state index is 9.60. The van der Waals surface area contributed by atoms with Gasteiger partial charge in [0.1, 0.15) is 5.60 Å².